The van der Waals surface area contributed by atoms with Crippen molar-refractivity contribution >= 4 is 22.9 Å². The number of hydrogen-bond acceptors (Lipinski definition) is 4. The van der Waals surface area contributed by atoms with Crippen molar-refractivity contribution in [2.75, 3.05) is 6.54 Å². The summed E-state index contributed by atoms with van der Waals surface area (Å²) in [6, 6.07) is 18.2. The first kappa shape index (κ1) is 20.3. The molecule has 1 unspecified atom stereocenters. The number of thiocarbonyl (C=S) groups is 1. The standard InChI is InChI=1S/C24H26N4OS/c1-15(2)14-28-17(4)20(21(25-24(28)30)18-10-6-5-7-11-18)23-26-22(27-29-23)19-12-8-9-16(3)13-19/h5-13,15,21H,14H2,1-4H3,(H,25,30). The molecule has 2 heterocycles. The molecule has 3 aromatic rings. The Hall–Kier alpha value is -2.99. The number of nitrogens with zero attached hydrogens (tertiary/aromatic N) is 3. The van der Waals surface area contributed by atoms with Gasteiger partial charge in [-0.05, 0) is 43.6 Å². The Morgan fingerprint density at radius 1 is 1.10 bits per heavy atom. The summed E-state index contributed by atoms with van der Waals surface area (Å²) in [6.45, 7) is 9.32. The summed E-state index contributed by atoms with van der Waals surface area (Å²) < 4.78 is 5.78. The molecule has 5 nitrogen and oxygen atoms in total. The molecule has 0 saturated carbocycles. The van der Waals surface area contributed by atoms with E-state index in [0.717, 1.165) is 39.6 Å². The number of benzene rings is 2. The Morgan fingerprint density at radius 3 is 2.57 bits per heavy atom. The second-order valence-corrected chi connectivity index (χ2v) is 8.48. The van der Waals surface area contributed by atoms with E-state index in [1.54, 1.807) is 0 Å². The summed E-state index contributed by atoms with van der Waals surface area (Å²) in [5.74, 6) is 1.56. The monoisotopic (exact) mass is 418 g/mol. The van der Waals surface area contributed by atoms with Crippen molar-refractivity contribution in [2.45, 2.75) is 33.7 Å². The van der Waals surface area contributed by atoms with Crippen molar-refractivity contribution < 1.29 is 4.52 Å². The van der Waals surface area contributed by atoms with Gasteiger partial charge in [-0.3, -0.25) is 0 Å². The lowest BCUT2D eigenvalue weighted by atomic mass is 9.94. The number of allylic oxidation sites excluding steroid dienone is 1. The maximum atomic E-state index is 5.78. The molecule has 1 atom stereocenters. The lowest BCUT2D eigenvalue weighted by Crippen LogP contribution is -2.47. The van der Waals surface area contributed by atoms with Crippen molar-refractivity contribution in [1.82, 2.24) is 20.4 Å². The summed E-state index contributed by atoms with van der Waals surface area (Å²) in [7, 11) is 0. The highest BCUT2D eigenvalue weighted by Gasteiger charge is 2.34. The van der Waals surface area contributed by atoms with Gasteiger partial charge in [0.15, 0.2) is 5.11 Å². The molecule has 1 aliphatic rings. The normalized spacial score (nSPS) is 16.9. The number of rotatable bonds is 5. The second-order valence-electron chi connectivity index (χ2n) is 8.09. The zero-order valence-corrected chi connectivity index (χ0v) is 18.5. The van der Waals surface area contributed by atoms with E-state index >= 15 is 0 Å². The molecule has 0 aliphatic carbocycles. The number of nitrogens with one attached hydrogen (secondary N) is 1. The van der Waals surface area contributed by atoms with Crippen LogP contribution in [0.15, 0.2) is 64.8 Å². The fraction of sp³-hybridized carbons (Fsp3) is 0.292. The zero-order chi connectivity index (χ0) is 21.3. The Morgan fingerprint density at radius 2 is 1.87 bits per heavy atom. The van der Waals surface area contributed by atoms with E-state index in [-0.39, 0.29) is 6.04 Å². The molecular weight excluding hydrogens is 392 g/mol. The van der Waals surface area contributed by atoms with Crippen LogP contribution >= 0.6 is 12.2 Å². The largest absolute Gasteiger partial charge is 0.351 e. The minimum Gasteiger partial charge on any atom is -0.351 e. The molecule has 1 aliphatic heterocycles. The molecule has 0 bridgehead atoms. The van der Waals surface area contributed by atoms with E-state index in [1.165, 1.54) is 0 Å². The van der Waals surface area contributed by atoms with Crippen LogP contribution in [0.25, 0.3) is 17.0 Å². The zero-order valence-electron chi connectivity index (χ0n) is 17.7. The minimum absolute atomic E-state index is 0.145. The summed E-state index contributed by atoms with van der Waals surface area (Å²) >= 11 is 5.71. The summed E-state index contributed by atoms with van der Waals surface area (Å²) in [5.41, 5.74) is 5.21. The first-order valence-corrected chi connectivity index (χ1v) is 10.6. The first-order chi connectivity index (χ1) is 14.4. The number of aryl methyl sites for hydroxylation is 1. The Kier molecular flexibility index (Phi) is 5.68. The number of hydrogen-bond donors (Lipinski definition) is 1. The van der Waals surface area contributed by atoms with E-state index in [2.05, 4.69) is 67.3 Å². The highest BCUT2D eigenvalue weighted by atomic mass is 32.1. The van der Waals surface area contributed by atoms with Gasteiger partial charge in [-0.15, -0.1) is 0 Å². The van der Waals surface area contributed by atoms with E-state index in [0.29, 0.717) is 17.6 Å². The highest BCUT2D eigenvalue weighted by molar-refractivity contribution is 7.80. The molecule has 1 N–H and O–H groups in total. The van der Waals surface area contributed by atoms with Crippen molar-refractivity contribution in [1.29, 1.82) is 0 Å². The van der Waals surface area contributed by atoms with Crippen LogP contribution in [0.1, 0.15) is 43.8 Å². The van der Waals surface area contributed by atoms with Gasteiger partial charge in [0.05, 0.1) is 11.6 Å². The maximum Gasteiger partial charge on any atom is 0.258 e. The van der Waals surface area contributed by atoms with E-state index in [9.17, 15) is 0 Å². The van der Waals surface area contributed by atoms with Crippen LogP contribution in [0.3, 0.4) is 0 Å². The van der Waals surface area contributed by atoms with Gasteiger partial charge in [0.1, 0.15) is 0 Å². The highest BCUT2D eigenvalue weighted by Crippen LogP contribution is 2.37. The third-order valence-corrected chi connectivity index (χ3v) is 5.55. The van der Waals surface area contributed by atoms with Crippen LogP contribution in [0.5, 0.6) is 0 Å². The average molecular weight is 419 g/mol. The van der Waals surface area contributed by atoms with Crippen molar-refractivity contribution in [3.63, 3.8) is 0 Å². The second kappa shape index (κ2) is 8.40. The first-order valence-electron chi connectivity index (χ1n) is 10.2. The Balaban J connectivity index is 1.81. The third kappa shape index (κ3) is 4.00. The molecule has 4 rings (SSSR count). The molecule has 0 saturated heterocycles. The predicted molar refractivity (Wildman–Crippen MR) is 124 cm³/mol. The number of aromatic nitrogens is 2. The van der Waals surface area contributed by atoms with E-state index < -0.39 is 0 Å². The van der Waals surface area contributed by atoms with E-state index in [1.807, 2.05) is 30.3 Å². The summed E-state index contributed by atoms with van der Waals surface area (Å²) in [5, 5.41) is 8.49. The van der Waals surface area contributed by atoms with Gasteiger partial charge < -0.3 is 14.7 Å². The van der Waals surface area contributed by atoms with Crippen LogP contribution in [-0.2, 0) is 0 Å². The summed E-state index contributed by atoms with van der Waals surface area (Å²) in [4.78, 5) is 6.89. The molecular formula is C24H26N4OS. The van der Waals surface area contributed by atoms with Gasteiger partial charge in [0, 0.05) is 17.8 Å². The van der Waals surface area contributed by atoms with Gasteiger partial charge in [-0.25, -0.2) is 0 Å². The van der Waals surface area contributed by atoms with Crippen LogP contribution in [-0.4, -0.2) is 26.7 Å². The molecule has 2 aromatic carbocycles. The molecule has 0 spiro atoms. The van der Waals surface area contributed by atoms with Gasteiger partial charge in [-0.2, -0.15) is 4.98 Å². The SMILES string of the molecule is CC1=C(c2nc(-c3cccc(C)c3)no2)C(c2ccccc2)NC(=S)N1CC(C)C. The Bertz CT molecular complexity index is 1090. The van der Waals surface area contributed by atoms with Crippen LogP contribution in [0.2, 0.25) is 0 Å². The topological polar surface area (TPSA) is 54.2 Å². The van der Waals surface area contributed by atoms with Crippen LogP contribution in [0, 0.1) is 12.8 Å². The van der Waals surface area contributed by atoms with Gasteiger partial charge in [-0.1, -0.05) is 73.1 Å². The van der Waals surface area contributed by atoms with Crippen molar-refractivity contribution in [3.8, 4) is 11.4 Å². The average Bonchev–Trinajstić information content (AvgIpc) is 3.21. The van der Waals surface area contributed by atoms with Gasteiger partial charge in [0.25, 0.3) is 5.89 Å². The molecule has 0 fully saturated rings. The summed E-state index contributed by atoms with van der Waals surface area (Å²) in [6.07, 6.45) is 0. The van der Waals surface area contributed by atoms with Crippen molar-refractivity contribution in [3.05, 3.63) is 77.3 Å². The van der Waals surface area contributed by atoms with E-state index in [4.69, 9.17) is 21.7 Å². The molecule has 0 amide bonds. The predicted octanol–water partition coefficient (Wildman–Crippen LogP) is 5.36. The van der Waals surface area contributed by atoms with Crippen LogP contribution < -0.4 is 5.32 Å². The van der Waals surface area contributed by atoms with Crippen LogP contribution in [0.4, 0.5) is 0 Å². The lowest BCUT2D eigenvalue weighted by Gasteiger charge is -2.38. The Labute approximate surface area is 182 Å². The smallest absolute Gasteiger partial charge is 0.258 e. The molecule has 30 heavy (non-hydrogen) atoms. The third-order valence-electron chi connectivity index (χ3n) is 5.21. The quantitative estimate of drug-likeness (QED) is 0.563. The molecule has 0 radical (unpaired) electrons. The fourth-order valence-electron chi connectivity index (χ4n) is 3.77. The molecule has 154 valence electrons. The van der Waals surface area contributed by atoms with Crippen molar-refractivity contribution in [2.24, 2.45) is 5.92 Å². The van der Waals surface area contributed by atoms with Gasteiger partial charge in [0.2, 0.25) is 5.82 Å². The maximum absolute atomic E-state index is 5.78. The molecule has 1 aromatic heterocycles. The fourth-order valence-corrected chi connectivity index (χ4v) is 4.10. The van der Waals surface area contributed by atoms with Gasteiger partial charge >= 0.3 is 0 Å². The minimum atomic E-state index is -0.145. The lowest BCUT2D eigenvalue weighted by molar-refractivity contribution is 0.386. The molecule has 6 heteroatoms.